The number of aromatic hydroxyl groups is 1. The number of halogens is 1. The van der Waals surface area contributed by atoms with Crippen molar-refractivity contribution < 1.29 is 9.90 Å². The third-order valence-corrected chi connectivity index (χ3v) is 5.64. The largest absolute Gasteiger partial charge is 0.508 e. The first-order valence-corrected chi connectivity index (χ1v) is 9.78. The fraction of sp³-hybridized carbons (Fsp3) is 0.174. The summed E-state index contributed by atoms with van der Waals surface area (Å²) >= 11 is 3.46. The van der Waals surface area contributed by atoms with Gasteiger partial charge in [-0.3, -0.25) is 4.79 Å². The highest BCUT2D eigenvalue weighted by Gasteiger charge is 2.24. The molecule has 3 nitrogen and oxygen atoms in total. The molecule has 4 heteroatoms. The van der Waals surface area contributed by atoms with Gasteiger partial charge in [0.1, 0.15) is 5.75 Å². The Morgan fingerprint density at radius 1 is 1.07 bits per heavy atom. The van der Waals surface area contributed by atoms with Crippen LogP contribution in [0.3, 0.4) is 0 Å². The van der Waals surface area contributed by atoms with E-state index < -0.39 is 0 Å². The van der Waals surface area contributed by atoms with Gasteiger partial charge in [-0.2, -0.15) is 0 Å². The molecule has 27 heavy (non-hydrogen) atoms. The Hall–Kier alpha value is -2.59. The third kappa shape index (κ3) is 3.50. The van der Waals surface area contributed by atoms with E-state index in [9.17, 15) is 9.90 Å². The molecule has 0 saturated heterocycles. The zero-order chi connectivity index (χ0) is 19.0. The number of hydrogen-bond acceptors (Lipinski definition) is 2. The lowest BCUT2D eigenvalue weighted by Gasteiger charge is -2.31. The second-order valence-corrected chi connectivity index (χ2v) is 7.84. The van der Waals surface area contributed by atoms with Crippen LogP contribution in [0.2, 0.25) is 0 Å². The number of phenolic OH excluding ortho intramolecular Hbond substituents is 1. The molecule has 1 aliphatic rings. The van der Waals surface area contributed by atoms with Crippen molar-refractivity contribution in [2.75, 3.05) is 6.54 Å². The molecule has 0 spiro atoms. The minimum atomic E-state index is 0.0840. The van der Waals surface area contributed by atoms with Crippen LogP contribution in [0, 0.1) is 6.92 Å². The summed E-state index contributed by atoms with van der Waals surface area (Å²) in [6.45, 7) is 3.30. The van der Waals surface area contributed by atoms with Crippen LogP contribution in [0.25, 0.3) is 11.1 Å². The van der Waals surface area contributed by atoms with E-state index in [4.69, 9.17) is 0 Å². The summed E-state index contributed by atoms with van der Waals surface area (Å²) in [4.78, 5) is 14.9. The maximum atomic E-state index is 13.0. The number of nitrogens with zero attached hydrogens (tertiary/aromatic N) is 1. The van der Waals surface area contributed by atoms with E-state index in [-0.39, 0.29) is 11.7 Å². The predicted octanol–water partition coefficient (Wildman–Crippen LogP) is 5.33. The fourth-order valence-electron chi connectivity index (χ4n) is 3.73. The van der Waals surface area contributed by atoms with Gasteiger partial charge in [-0.15, -0.1) is 0 Å². The summed E-state index contributed by atoms with van der Waals surface area (Å²) in [5.74, 6) is 0.353. The van der Waals surface area contributed by atoms with Crippen LogP contribution in [0.5, 0.6) is 5.75 Å². The van der Waals surface area contributed by atoms with Crippen LogP contribution in [-0.4, -0.2) is 22.5 Å². The highest BCUT2D eigenvalue weighted by atomic mass is 79.9. The number of fused-ring (bicyclic) bond motifs is 1. The summed E-state index contributed by atoms with van der Waals surface area (Å²) in [5, 5.41) is 9.54. The van der Waals surface area contributed by atoms with E-state index in [1.54, 1.807) is 12.1 Å². The highest BCUT2D eigenvalue weighted by molar-refractivity contribution is 9.10. The average molecular weight is 422 g/mol. The standard InChI is InChI=1S/C23H20BrNO2/c1-15-13-18(24)7-10-20(15)23(27)25-12-11-22-17(14-25)3-2-4-21(22)16-5-8-19(26)9-6-16/h2-10,13,26H,11-12,14H2,1H3. The molecule has 4 rings (SSSR count). The van der Waals surface area contributed by atoms with E-state index in [1.807, 2.05) is 48.2 Å². The quantitative estimate of drug-likeness (QED) is 0.607. The van der Waals surface area contributed by atoms with Crippen molar-refractivity contribution in [3.63, 3.8) is 0 Å². The molecule has 0 fully saturated rings. The zero-order valence-electron chi connectivity index (χ0n) is 15.1. The van der Waals surface area contributed by atoms with Gasteiger partial charge in [-0.1, -0.05) is 46.3 Å². The lowest BCUT2D eigenvalue weighted by molar-refractivity contribution is 0.0734. The topological polar surface area (TPSA) is 40.5 Å². The van der Waals surface area contributed by atoms with Crippen molar-refractivity contribution in [2.45, 2.75) is 19.9 Å². The maximum Gasteiger partial charge on any atom is 0.254 e. The van der Waals surface area contributed by atoms with Crippen LogP contribution in [-0.2, 0) is 13.0 Å². The van der Waals surface area contributed by atoms with E-state index in [1.165, 1.54) is 16.7 Å². The highest BCUT2D eigenvalue weighted by Crippen LogP contribution is 2.32. The van der Waals surface area contributed by atoms with Crippen molar-refractivity contribution >= 4 is 21.8 Å². The SMILES string of the molecule is Cc1cc(Br)ccc1C(=O)N1CCc2c(cccc2-c2ccc(O)cc2)C1. The van der Waals surface area contributed by atoms with Crippen LogP contribution >= 0.6 is 15.9 Å². The molecule has 1 amide bonds. The van der Waals surface area contributed by atoms with Gasteiger partial charge in [0.25, 0.3) is 5.91 Å². The van der Waals surface area contributed by atoms with Crippen LogP contribution < -0.4 is 0 Å². The van der Waals surface area contributed by atoms with Gasteiger partial charge in [0.15, 0.2) is 0 Å². The molecule has 1 N–H and O–H groups in total. The first-order valence-electron chi connectivity index (χ1n) is 8.98. The summed E-state index contributed by atoms with van der Waals surface area (Å²) in [7, 11) is 0. The molecule has 0 unspecified atom stereocenters. The number of benzene rings is 3. The predicted molar refractivity (Wildman–Crippen MR) is 111 cm³/mol. The van der Waals surface area contributed by atoms with Crippen LogP contribution in [0.15, 0.2) is 65.1 Å². The number of amides is 1. The van der Waals surface area contributed by atoms with Gasteiger partial charge in [0.05, 0.1) is 0 Å². The van der Waals surface area contributed by atoms with Gasteiger partial charge in [-0.05, 0) is 71.5 Å². The zero-order valence-corrected chi connectivity index (χ0v) is 16.7. The molecule has 0 aliphatic carbocycles. The summed E-state index contributed by atoms with van der Waals surface area (Å²) < 4.78 is 0.985. The Kier molecular flexibility index (Phi) is 4.75. The first kappa shape index (κ1) is 17.8. The summed E-state index contributed by atoms with van der Waals surface area (Å²) in [5.41, 5.74) is 6.50. The second-order valence-electron chi connectivity index (χ2n) is 6.93. The molecule has 3 aromatic carbocycles. The number of carbonyl (C=O) groups excluding carboxylic acids is 1. The number of carbonyl (C=O) groups is 1. The minimum absolute atomic E-state index is 0.0840. The number of aryl methyl sites for hydroxylation is 1. The summed E-state index contributed by atoms with van der Waals surface area (Å²) in [6.07, 6.45) is 0.827. The number of hydrogen-bond donors (Lipinski definition) is 1. The second kappa shape index (κ2) is 7.20. The number of rotatable bonds is 2. The van der Waals surface area contributed by atoms with Crippen LogP contribution in [0.4, 0.5) is 0 Å². The van der Waals surface area contributed by atoms with Gasteiger partial charge < -0.3 is 10.0 Å². The summed E-state index contributed by atoms with van der Waals surface area (Å²) in [6, 6.07) is 19.3. The molecular weight excluding hydrogens is 402 g/mol. The Labute approximate surface area is 167 Å². The molecule has 3 aromatic rings. The Morgan fingerprint density at radius 2 is 1.85 bits per heavy atom. The monoisotopic (exact) mass is 421 g/mol. The maximum absolute atomic E-state index is 13.0. The third-order valence-electron chi connectivity index (χ3n) is 5.15. The van der Waals surface area contributed by atoms with Gasteiger partial charge in [0, 0.05) is 23.1 Å². The lowest BCUT2D eigenvalue weighted by Crippen LogP contribution is -2.36. The van der Waals surface area contributed by atoms with E-state index in [0.717, 1.165) is 27.6 Å². The molecule has 0 atom stereocenters. The van der Waals surface area contributed by atoms with E-state index >= 15 is 0 Å². The average Bonchev–Trinajstić information content (AvgIpc) is 2.67. The van der Waals surface area contributed by atoms with Crippen molar-refractivity contribution in [2.24, 2.45) is 0 Å². The first-order chi connectivity index (χ1) is 13.0. The molecular formula is C23H20BrNO2. The Bertz CT molecular complexity index is 1010. The lowest BCUT2D eigenvalue weighted by atomic mass is 9.90. The minimum Gasteiger partial charge on any atom is -0.508 e. The fourth-order valence-corrected chi connectivity index (χ4v) is 4.21. The van der Waals surface area contributed by atoms with Crippen LogP contribution in [0.1, 0.15) is 27.0 Å². The molecule has 0 radical (unpaired) electrons. The normalized spacial score (nSPS) is 13.3. The van der Waals surface area contributed by atoms with Crippen molar-refractivity contribution in [1.29, 1.82) is 0 Å². The van der Waals surface area contributed by atoms with Crippen molar-refractivity contribution in [1.82, 2.24) is 4.90 Å². The van der Waals surface area contributed by atoms with E-state index in [0.29, 0.717) is 13.1 Å². The van der Waals surface area contributed by atoms with Crippen molar-refractivity contribution in [3.8, 4) is 16.9 Å². The van der Waals surface area contributed by atoms with Gasteiger partial charge >= 0.3 is 0 Å². The molecule has 136 valence electrons. The molecule has 1 heterocycles. The Balaban J connectivity index is 1.63. The molecule has 0 aromatic heterocycles. The smallest absolute Gasteiger partial charge is 0.254 e. The van der Waals surface area contributed by atoms with Gasteiger partial charge in [-0.25, -0.2) is 0 Å². The van der Waals surface area contributed by atoms with Gasteiger partial charge in [0.2, 0.25) is 0 Å². The Morgan fingerprint density at radius 3 is 2.59 bits per heavy atom. The van der Waals surface area contributed by atoms with E-state index in [2.05, 4.69) is 28.1 Å². The molecule has 0 saturated carbocycles. The molecule has 1 aliphatic heterocycles. The number of phenols is 1. The van der Waals surface area contributed by atoms with Crippen molar-refractivity contribution in [3.05, 3.63) is 87.4 Å². The molecule has 0 bridgehead atoms.